The summed E-state index contributed by atoms with van der Waals surface area (Å²) in [7, 11) is 0. The van der Waals surface area contributed by atoms with Crippen LogP contribution in [0, 0.1) is 0 Å². The van der Waals surface area contributed by atoms with Gasteiger partial charge < -0.3 is 10.6 Å². The van der Waals surface area contributed by atoms with Crippen LogP contribution in [0.3, 0.4) is 0 Å². The predicted molar refractivity (Wildman–Crippen MR) is 77.2 cm³/mol. The zero-order valence-corrected chi connectivity index (χ0v) is 11.8. The number of amides is 2. The van der Waals surface area contributed by atoms with Gasteiger partial charge in [-0.3, -0.25) is 9.59 Å². The van der Waals surface area contributed by atoms with Crippen molar-refractivity contribution in [3.8, 4) is 0 Å². The second-order valence-corrected chi connectivity index (χ2v) is 5.51. The molecule has 2 amide bonds. The quantitative estimate of drug-likeness (QED) is 0.878. The summed E-state index contributed by atoms with van der Waals surface area (Å²) in [4.78, 5) is 23.2. The summed E-state index contributed by atoms with van der Waals surface area (Å²) in [6.07, 6.45) is 3.23. The first kappa shape index (κ1) is 13.9. The fourth-order valence-corrected chi connectivity index (χ4v) is 2.61. The van der Waals surface area contributed by atoms with Crippen LogP contribution in [0.2, 0.25) is 0 Å². The summed E-state index contributed by atoms with van der Waals surface area (Å²) >= 11 is 1.73. The van der Waals surface area contributed by atoms with Crippen molar-refractivity contribution < 1.29 is 9.59 Å². The Bertz CT molecular complexity index is 466. The highest BCUT2D eigenvalue weighted by molar-refractivity contribution is 7.97. The first-order valence-corrected chi connectivity index (χ1v) is 7.74. The first-order valence-electron chi connectivity index (χ1n) is 6.34. The van der Waals surface area contributed by atoms with Gasteiger partial charge >= 0.3 is 0 Å². The molecule has 0 bridgehead atoms. The Hall–Kier alpha value is -1.49. The van der Waals surface area contributed by atoms with Crippen molar-refractivity contribution in [3.63, 3.8) is 0 Å². The Morgan fingerprint density at radius 2 is 2.37 bits per heavy atom. The molecule has 1 fully saturated rings. The van der Waals surface area contributed by atoms with Crippen LogP contribution in [0.25, 0.3) is 0 Å². The molecule has 1 heterocycles. The highest BCUT2D eigenvalue weighted by atomic mass is 32.2. The summed E-state index contributed by atoms with van der Waals surface area (Å²) in [6.45, 7) is 0.523. The summed E-state index contributed by atoms with van der Waals surface area (Å²) in [5, 5.41) is 5.73. The Balaban J connectivity index is 1.95. The van der Waals surface area contributed by atoms with E-state index in [0.717, 1.165) is 11.3 Å². The van der Waals surface area contributed by atoms with E-state index in [-0.39, 0.29) is 17.9 Å². The largest absolute Gasteiger partial charge is 0.354 e. The number of piperidine rings is 1. The molecule has 1 aliphatic heterocycles. The van der Waals surface area contributed by atoms with Gasteiger partial charge in [-0.05, 0) is 30.4 Å². The molecule has 0 aromatic heterocycles. The van der Waals surface area contributed by atoms with Gasteiger partial charge in [-0.2, -0.15) is 11.8 Å². The lowest BCUT2D eigenvalue weighted by atomic mass is 10.1. The summed E-state index contributed by atoms with van der Waals surface area (Å²) < 4.78 is 0. The molecule has 102 valence electrons. The molecule has 19 heavy (non-hydrogen) atoms. The van der Waals surface area contributed by atoms with Gasteiger partial charge in [0.2, 0.25) is 5.91 Å². The minimum atomic E-state index is -0.0656. The third-order valence-electron chi connectivity index (χ3n) is 3.10. The van der Waals surface area contributed by atoms with Crippen molar-refractivity contribution in [2.45, 2.75) is 24.6 Å². The molecular formula is C14H18N2O2S. The molecule has 2 rings (SSSR count). The number of nitrogens with one attached hydrogen (secondary N) is 2. The van der Waals surface area contributed by atoms with Crippen molar-refractivity contribution in [2.75, 3.05) is 12.8 Å². The van der Waals surface area contributed by atoms with E-state index < -0.39 is 0 Å². The summed E-state index contributed by atoms with van der Waals surface area (Å²) in [6, 6.07) is 7.71. The maximum absolute atomic E-state index is 12.1. The van der Waals surface area contributed by atoms with Gasteiger partial charge in [-0.1, -0.05) is 12.1 Å². The molecule has 1 aromatic carbocycles. The standard InChI is InChI=1S/C14H18N2O2S/c1-19-9-10-3-2-4-11(7-10)14(18)16-12-5-6-13(17)15-8-12/h2-4,7,12H,5-6,8-9H2,1H3,(H,15,17)(H,16,18). The van der Waals surface area contributed by atoms with E-state index in [9.17, 15) is 9.59 Å². The van der Waals surface area contributed by atoms with Gasteiger partial charge in [0.05, 0.1) is 0 Å². The monoisotopic (exact) mass is 278 g/mol. The summed E-state index contributed by atoms with van der Waals surface area (Å²) in [5.41, 5.74) is 1.83. The molecule has 5 heteroatoms. The number of carbonyl (C=O) groups is 2. The van der Waals surface area contributed by atoms with Crippen LogP contribution >= 0.6 is 11.8 Å². The predicted octanol–water partition coefficient (Wildman–Crippen LogP) is 1.56. The third-order valence-corrected chi connectivity index (χ3v) is 3.72. The molecule has 1 aromatic rings. The zero-order valence-electron chi connectivity index (χ0n) is 10.9. The SMILES string of the molecule is CSCc1cccc(C(=O)NC2CCC(=O)NC2)c1. The highest BCUT2D eigenvalue weighted by Gasteiger charge is 2.20. The Kier molecular flexibility index (Phi) is 4.85. The minimum Gasteiger partial charge on any atom is -0.354 e. The minimum absolute atomic E-state index is 0.0365. The van der Waals surface area contributed by atoms with Crippen molar-refractivity contribution in [2.24, 2.45) is 0 Å². The molecule has 1 unspecified atom stereocenters. The van der Waals surface area contributed by atoms with Crippen LogP contribution in [0.5, 0.6) is 0 Å². The first-order chi connectivity index (χ1) is 9.19. The number of hydrogen-bond acceptors (Lipinski definition) is 3. The van der Waals surface area contributed by atoms with Crippen molar-refractivity contribution in [1.82, 2.24) is 10.6 Å². The van der Waals surface area contributed by atoms with Gasteiger partial charge in [0.15, 0.2) is 0 Å². The number of thioether (sulfide) groups is 1. The lowest BCUT2D eigenvalue weighted by Crippen LogP contribution is -2.47. The lowest BCUT2D eigenvalue weighted by Gasteiger charge is -2.23. The second-order valence-electron chi connectivity index (χ2n) is 4.65. The smallest absolute Gasteiger partial charge is 0.251 e. The van der Waals surface area contributed by atoms with Crippen LogP contribution in [0.1, 0.15) is 28.8 Å². The highest BCUT2D eigenvalue weighted by Crippen LogP contribution is 2.12. The topological polar surface area (TPSA) is 58.2 Å². The third kappa shape index (κ3) is 3.99. The molecule has 0 aliphatic carbocycles. The average Bonchev–Trinajstić information content (AvgIpc) is 2.42. The molecular weight excluding hydrogens is 260 g/mol. The number of carbonyl (C=O) groups excluding carboxylic acids is 2. The normalized spacial score (nSPS) is 18.8. The van der Waals surface area contributed by atoms with Crippen molar-refractivity contribution in [3.05, 3.63) is 35.4 Å². The van der Waals surface area contributed by atoms with E-state index in [1.165, 1.54) is 0 Å². The van der Waals surface area contributed by atoms with Gasteiger partial charge in [-0.25, -0.2) is 0 Å². The Morgan fingerprint density at radius 1 is 1.53 bits per heavy atom. The van der Waals surface area contributed by atoms with E-state index >= 15 is 0 Å². The molecule has 0 radical (unpaired) electrons. The molecule has 1 aliphatic rings. The molecule has 0 saturated carbocycles. The second kappa shape index (κ2) is 6.61. The Morgan fingerprint density at radius 3 is 3.05 bits per heavy atom. The maximum Gasteiger partial charge on any atom is 0.251 e. The van der Waals surface area contributed by atoms with Crippen LogP contribution in [-0.4, -0.2) is 30.7 Å². The molecule has 4 nitrogen and oxygen atoms in total. The summed E-state index contributed by atoms with van der Waals surface area (Å²) in [5.74, 6) is 0.900. The number of hydrogen-bond donors (Lipinski definition) is 2. The van der Waals surface area contributed by atoms with Crippen molar-refractivity contribution in [1.29, 1.82) is 0 Å². The van der Waals surface area contributed by atoms with Gasteiger partial charge in [0, 0.05) is 30.3 Å². The zero-order chi connectivity index (χ0) is 13.7. The van der Waals surface area contributed by atoms with E-state index in [4.69, 9.17) is 0 Å². The van der Waals surface area contributed by atoms with Gasteiger partial charge in [0.25, 0.3) is 5.91 Å². The fourth-order valence-electron chi connectivity index (χ4n) is 2.09. The van der Waals surface area contributed by atoms with Crippen LogP contribution in [0.15, 0.2) is 24.3 Å². The van der Waals surface area contributed by atoms with Crippen LogP contribution in [-0.2, 0) is 10.5 Å². The fraction of sp³-hybridized carbons (Fsp3) is 0.429. The van der Waals surface area contributed by atoms with E-state index in [0.29, 0.717) is 24.9 Å². The molecule has 1 atom stereocenters. The average molecular weight is 278 g/mol. The molecule has 1 saturated heterocycles. The number of benzene rings is 1. The van der Waals surface area contributed by atoms with E-state index in [1.54, 1.807) is 11.8 Å². The lowest BCUT2D eigenvalue weighted by molar-refractivity contribution is -0.122. The van der Waals surface area contributed by atoms with Crippen LogP contribution in [0.4, 0.5) is 0 Å². The van der Waals surface area contributed by atoms with Gasteiger partial charge in [-0.15, -0.1) is 0 Å². The molecule has 2 N–H and O–H groups in total. The van der Waals surface area contributed by atoms with E-state index in [1.807, 2.05) is 30.5 Å². The van der Waals surface area contributed by atoms with Crippen molar-refractivity contribution >= 4 is 23.6 Å². The molecule has 0 spiro atoms. The maximum atomic E-state index is 12.1. The van der Waals surface area contributed by atoms with Gasteiger partial charge in [0.1, 0.15) is 0 Å². The van der Waals surface area contributed by atoms with Crippen LogP contribution < -0.4 is 10.6 Å². The van der Waals surface area contributed by atoms with E-state index in [2.05, 4.69) is 10.6 Å². The Labute approximate surface area is 117 Å². The number of rotatable bonds is 4.